The Morgan fingerprint density at radius 1 is 1.23 bits per heavy atom. The van der Waals surface area contributed by atoms with E-state index >= 15 is 0 Å². The second-order valence-electron chi connectivity index (χ2n) is 7.99. The highest BCUT2D eigenvalue weighted by molar-refractivity contribution is 7.22. The number of thiazole rings is 1. The lowest BCUT2D eigenvalue weighted by Gasteiger charge is -2.16. The Labute approximate surface area is 214 Å². The number of pyridine rings is 3. The van der Waals surface area contributed by atoms with Crippen LogP contribution in [0.15, 0.2) is 42.9 Å². The van der Waals surface area contributed by atoms with Gasteiger partial charge < -0.3 is 9.84 Å². The summed E-state index contributed by atoms with van der Waals surface area (Å²) in [4.78, 5) is 30.4. The standard InChI is InChI=1S/C25H22ClN5O3S/c1-13-7-16(17-8-23(26)29-12-21(17)34-2)18(10-27-13)24(33)31-25-30-20-11-28-19(9-22(20)35-25)14-3-5-15(32)6-4-14/h3,7-12,15,32H,4-6H2,1-2H3,(H,30,31,33)/i1D3. The van der Waals surface area contributed by atoms with E-state index in [9.17, 15) is 9.90 Å². The van der Waals surface area contributed by atoms with E-state index in [1.54, 1.807) is 6.20 Å². The number of aliphatic hydroxyl groups is 1. The third-order valence-corrected chi connectivity index (χ3v) is 6.84. The molecule has 0 saturated heterocycles. The van der Waals surface area contributed by atoms with Crippen molar-refractivity contribution in [3.05, 3.63) is 65.0 Å². The summed E-state index contributed by atoms with van der Waals surface area (Å²) < 4.78 is 29.5. The van der Waals surface area contributed by atoms with Crippen molar-refractivity contribution in [2.45, 2.75) is 32.2 Å². The SMILES string of the molecule is [2H]C([2H])([2H])c1cc(-c2cc(Cl)ncc2OC)c(C(=O)Nc2nc3cnc(C4=CCC(O)CC4)cc3s2)cn1. The molecule has 4 heterocycles. The molecule has 1 atom stereocenters. The smallest absolute Gasteiger partial charge is 0.259 e. The molecule has 0 bridgehead atoms. The predicted octanol–water partition coefficient (Wildman–Crippen LogP) is 5.30. The van der Waals surface area contributed by atoms with Crippen LogP contribution in [0.3, 0.4) is 0 Å². The van der Waals surface area contributed by atoms with Gasteiger partial charge in [-0.1, -0.05) is 29.0 Å². The molecular weight excluding hydrogens is 486 g/mol. The van der Waals surface area contributed by atoms with E-state index in [1.165, 1.54) is 43.0 Å². The summed E-state index contributed by atoms with van der Waals surface area (Å²) >= 11 is 7.40. The number of halogens is 1. The van der Waals surface area contributed by atoms with Crippen molar-refractivity contribution in [1.29, 1.82) is 0 Å². The van der Waals surface area contributed by atoms with Gasteiger partial charge in [-0.2, -0.15) is 0 Å². The Morgan fingerprint density at radius 3 is 2.89 bits per heavy atom. The summed E-state index contributed by atoms with van der Waals surface area (Å²) in [5.74, 6) is -0.218. The van der Waals surface area contributed by atoms with Crippen LogP contribution in [-0.2, 0) is 0 Å². The van der Waals surface area contributed by atoms with Gasteiger partial charge in [-0.15, -0.1) is 0 Å². The number of carbonyl (C=O) groups excluding carboxylic acids is 1. The molecule has 10 heteroatoms. The van der Waals surface area contributed by atoms with E-state index in [1.807, 2.05) is 12.1 Å². The fourth-order valence-corrected chi connectivity index (χ4v) is 4.96. The molecule has 1 aliphatic carbocycles. The second kappa shape index (κ2) is 9.69. The summed E-state index contributed by atoms with van der Waals surface area (Å²) in [5, 5.41) is 13.0. The number of rotatable bonds is 5. The number of nitrogens with zero attached hydrogens (tertiary/aromatic N) is 4. The molecule has 0 fully saturated rings. The number of aryl methyl sites for hydroxylation is 1. The van der Waals surface area contributed by atoms with Gasteiger partial charge in [0, 0.05) is 27.1 Å². The molecule has 1 aliphatic rings. The molecule has 178 valence electrons. The third kappa shape index (κ3) is 4.88. The lowest BCUT2D eigenvalue weighted by Crippen LogP contribution is -2.14. The average molecular weight is 511 g/mol. The van der Waals surface area contributed by atoms with Crippen LogP contribution in [0, 0.1) is 6.85 Å². The highest BCUT2D eigenvalue weighted by Gasteiger charge is 2.20. The molecule has 0 radical (unpaired) electrons. The van der Waals surface area contributed by atoms with Crippen LogP contribution in [0.5, 0.6) is 5.75 Å². The second-order valence-corrected chi connectivity index (χ2v) is 9.41. The number of anilines is 1. The minimum Gasteiger partial charge on any atom is -0.494 e. The highest BCUT2D eigenvalue weighted by atomic mass is 35.5. The maximum Gasteiger partial charge on any atom is 0.259 e. The van der Waals surface area contributed by atoms with Crippen molar-refractivity contribution >= 4 is 49.8 Å². The molecule has 8 nitrogen and oxygen atoms in total. The molecule has 35 heavy (non-hydrogen) atoms. The van der Waals surface area contributed by atoms with E-state index in [-0.39, 0.29) is 28.1 Å². The minimum atomic E-state index is -2.49. The van der Waals surface area contributed by atoms with Crippen LogP contribution in [0.4, 0.5) is 5.13 Å². The summed E-state index contributed by atoms with van der Waals surface area (Å²) in [6, 6.07) is 4.76. The normalized spacial score (nSPS) is 17.3. The maximum atomic E-state index is 13.4. The molecule has 0 spiro atoms. The van der Waals surface area contributed by atoms with E-state index in [4.69, 9.17) is 20.5 Å². The molecule has 5 rings (SSSR count). The van der Waals surface area contributed by atoms with Crippen LogP contribution in [-0.4, -0.2) is 44.2 Å². The molecule has 2 N–H and O–H groups in total. The predicted molar refractivity (Wildman–Crippen MR) is 137 cm³/mol. The fourth-order valence-electron chi connectivity index (χ4n) is 3.93. The Hall–Kier alpha value is -3.40. The number of allylic oxidation sites excluding steroid dienone is 1. The first kappa shape index (κ1) is 19.9. The van der Waals surface area contributed by atoms with Crippen LogP contribution in [0.2, 0.25) is 5.15 Å². The Morgan fingerprint density at radius 2 is 2.11 bits per heavy atom. The zero-order valence-electron chi connectivity index (χ0n) is 21.6. The van der Waals surface area contributed by atoms with E-state index in [2.05, 4.69) is 25.3 Å². The van der Waals surface area contributed by atoms with Crippen molar-refractivity contribution in [2.24, 2.45) is 0 Å². The molecule has 4 aromatic heterocycles. The van der Waals surface area contributed by atoms with Gasteiger partial charge >= 0.3 is 0 Å². The molecule has 1 unspecified atom stereocenters. The first-order valence-electron chi connectivity index (χ1n) is 12.3. The van der Waals surface area contributed by atoms with Crippen molar-refractivity contribution in [3.8, 4) is 16.9 Å². The van der Waals surface area contributed by atoms with Crippen LogP contribution < -0.4 is 10.1 Å². The number of aromatic nitrogens is 4. The van der Waals surface area contributed by atoms with Crippen LogP contribution in [0.25, 0.3) is 26.9 Å². The van der Waals surface area contributed by atoms with Crippen molar-refractivity contribution in [2.75, 3.05) is 12.4 Å². The van der Waals surface area contributed by atoms with Gasteiger partial charge in [-0.05, 0) is 49.9 Å². The zero-order chi connectivity index (χ0) is 27.0. The number of aliphatic hydroxyl groups excluding tert-OH is 1. The topological polar surface area (TPSA) is 110 Å². The number of ether oxygens (including phenoxy) is 1. The zero-order valence-corrected chi connectivity index (χ0v) is 20.2. The quantitative estimate of drug-likeness (QED) is 0.350. The molecule has 0 saturated carbocycles. The van der Waals surface area contributed by atoms with Gasteiger partial charge in [0.2, 0.25) is 0 Å². The third-order valence-electron chi connectivity index (χ3n) is 5.70. The number of fused-ring (bicyclic) bond motifs is 1. The van der Waals surface area contributed by atoms with Crippen molar-refractivity contribution in [1.82, 2.24) is 19.9 Å². The summed E-state index contributed by atoms with van der Waals surface area (Å²) in [6.07, 6.45) is 8.00. The first-order valence-corrected chi connectivity index (χ1v) is 12.0. The van der Waals surface area contributed by atoms with Crippen molar-refractivity contribution < 1.29 is 18.8 Å². The molecule has 0 aromatic carbocycles. The number of carbonyl (C=O) groups is 1. The number of amides is 1. The van der Waals surface area contributed by atoms with Gasteiger partial charge in [-0.3, -0.25) is 20.1 Å². The molecule has 4 aromatic rings. The maximum absolute atomic E-state index is 13.4. The molecular formula is C25H22ClN5O3S. The van der Waals surface area contributed by atoms with Gasteiger partial charge in [0.15, 0.2) is 5.13 Å². The number of nitrogens with one attached hydrogen (secondary N) is 1. The number of hydrogen-bond acceptors (Lipinski definition) is 8. The number of hydrogen-bond donors (Lipinski definition) is 2. The summed E-state index contributed by atoms with van der Waals surface area (Å²) in [7, 11) is 1.44. The monoisotopic (exact) mass is 510 g/mol. The number of methoxy groups -OCH3 is 1. The van der Waals surface area contributed by atoms with E-state index in [0.717, 1.165) is 22.4 Å². The van der Waals surface area contributed by atoms with Crippen molar-refractivity contribution in [3.63, 3.8) is 0 Å². The fraction of sp³-hybridized carbons (Fsp3) is 0.240. The van der Waals surface area contributed by atoms with E-state index in [0.29, 0.717) is 34.8 Å². The van der Waals surface area contributed by atoms with Gasteiger partial charge in [-0.25, -0.2) is 9.97 Å². The van der Waals surface area contributed by atoms with Gasteiger partial charge in [0.05, 0.1) is 41.6 Å². The van der Waals surface area contributed by atoms with Crippen LogP contribution in [0.1, 0.15) is 45.1 Å². The van der Waals surface area contributed by atoms with E-state index < -0.39 is 12.8 Å². The summed E-state index contributed by atoms with van der Waals surface area (Å²) in [6.45, 7) is -2.49. The Kier molecular flexibility index (Phi) is 5.50. The minimum absolute atomic E-state index is 0.113. The van der Waals surface area contributed by atoms with Crippen LogP contribution >= 0.6 is 22.9 Å². The Balaban J connectivity index is 1.49. The largest absolute Gasteiger partial charge is 0.494 e. The van der Waals surface area contributed by atoms with Gasteiger partial charge in [0.1, 0.15) is 16.4 Å². The Bertz CT molecular complexity index is 1570. The van der Waals surface area contributed by atoms with Gasteiger partial charge in [0.25, 0.3) is 5.91 Å². The lowest BCUT2D eigenvalue weighted by atomic mass is 9.95. The molecule has 1 amide bonds. The molecule has 0 aliphatic heterocycles. The average Bonchev–Trinajstić information content (AvgIpc) is 3.29. The highest BCUT2D eigenvalue weighted by Crippen LogP contribution is 2.35. The first-order chi connectivity index (χ1) is 18.1. The lowest BCUT2D eigenvalue weighted by molar-refractivity contribution is 0.102. The summed E-state index contributed by atoms with van der Waals surface area (Å²) in [5.41, 5.74) is 3.13.